The highest BCUT2D eigenvalue weighted by molar-refractivity contribution is 5.33. The van der Waals surface area contributed by atoms with Crippen molar-refractivity contribution in [2.75, 3.05) is 12.4 Å². The molecule has 70 valence electrons. The van der Waals surface area contributed by atoms with Crippen molar-refractivity contribution in [3.63, 3.8) is 0 Å². The van der Waals surface area contributed by atoms with Crippen LogP contribution in [0.15, 0.2) is 18.3 Å². The highest BCUT2D eigenvalue weighted by Gasteiger charge is 2.28. The zero-order chi connectivity index (χ0) is 9.10. The number of rotatable bonds is 3. The molecule has 0 bridgehead atoms. The van der Waals surface area contributed by atoms with Gasteiger partial charge < -0.3 is 10.1 Å². The summed E-state index contributed by atoms with van der Waals surface area (Å²) in [6.07, 6.45) is 4.22. The number of ether oxygens (including phenoxy) is 1. The van der Waals surface area contributed by atoms with Crippen LogP contribution in [0.4, 0.5) is 5.82 Å². The van der Waals surface area contributed by atoms with Gasteiger partial charge in [0.15, 0.2) is 0 Å². The Morgan fingerprint density at radius 2 is 2.38 bits per heavy atom. The Kier molecular flexibility index (Phi) is 2.40. The summed E-state index contributed by atoms with van der Waals surface area (Å²) in [5.74, 6) is 0.849. The number of aromatic nitrogens is 2. The Bertz CT molecular complexity index is 259. The topological polar surface area (TPSA) is 47.0 Å². The number of anilines is 1. The van der Waals surface area contributed by atoms with E-state index in [1.807, 2.05) is 12.1 Å². The van der Waals surface area contributed by atoms with Gasteiger partial charge in [0.05, 0.1) is 6.10 Å². The summed E-state index contributed by atoms with van der Waals surface area (Å²) < 4.78 is 5.18. The van der Waals surface area contributed by atoms with Crippen molar-refractivity contribution >= 4 is 5.82 Å². The first-order valence-electron chi connectivity index (χ1n) is 4.45. The first-order chi connectivity index (χ1) is 6.38. The van der Waals surface area contributed by atoms with Crippen LogP contribution in [0.1, 0.15) is 12.8 Å². The fourth-order valence-corrected chi connectivity index (χ4v) is 1.46. The molecule has 0 aliphatic heterocycles. The Morgan fingerprint density at radius 3 is 3.00 bits per heavy atom. The number of methoxy groups -OCH3 is 1. The van der Waals surface area contributed by atoms with Gasteiger partial charge in [-0.3, -0.25) is 0 Å². The van der Waals surface area contributed by atoms with E-state index < -0.39 is 0 Å². The van der Waals surface area contributed by atoms with Crippen LogP contribution in [-0.4, -0.2) is 29.5 Å². The van der Waals surface area contributed by atoms with Gasteiger partial charge in [-0.05, 0) is 25.0 Å². The molecular formula is C9H13N3O. The van der Waals surface area contributed by atoms with E-state index in [1.165, 1.54) is 0 Å². The van der Waals surface area contributed by atoms with Crippen molar-refractivity contribution < 1.29 is 4.74 Å². The van der Waals surface area contributed by atoms with Crippen LogP contribution in [-0.2, 0) is 4.74 Å². The number of hydrogen-bond donors (Lipinski definition) is 1. The third-order valence-electron chi connectivity index (χ3n) is 2.35. The van der Waals surface area contributed by atoms with Crippen LogP contribution < -0.4 is 5.32 Å². The Balaban J connectivity index is 1.81. The van der Waals surface area contributed by atoms with Crippen LogP contribution in [0, 0.1) is 0 Å². The largest absolute Gasteiger partial charge is 0.381 e. The predicted octanol–water partition coefficient (Wildman–Crippen LogP) is 1.07. The van der Waals surface area contributed by atoms with Crippen LogP contribution in [0.3, 0.4) is 0 Å². The van der Waals surface area contributed by atoms with Gasteiger partial charge in [-0.1, -0.05) is 0 Å². The zero-order valence-electron chi connectivity index (χ0n) is 7.60. The molecule has 4 heteroatoms. The summed E-state index contributed by atoms with van der Waals surface area (Å²) in [4.78, 5) is 0. The minimum Gasteiger partial charge on any atom is -0.381 e. The van der Waals surface area contributed by atoms with Gasteiger partial charge >= 0.3 is 0 Å². The van der Waals surface area contributed by atoms with E-state index in [0.29, 0.717) is 12.1 Å². The quantitative estimate of drug-likeness (QED) is 0.753. The molecule has 4 nitrogen and oxygen atoms in total. The maximum absolute atomic E-state index is 5.18. The molecule has 1 fully saturated rings. The molecule has 13 heavy (non-hydrogen) atoms. The average Bonchev–Trinajstić information content (AvgIpc) is 2.12. The second-order valence-electron chi connectivity index (χ2n) is 3.28. The lowest BCUT2D eigenvalue weighted by Gasteiger charge is -2.34. The maximum atomic E-state index is 5.18. The third kappa shape index (κ3) is 1.95. The first kappa shape index (κ1) is 8.44. The molecule has 0 amide bonds. The van der Waals surface area contributed by atoms with Crippen LogP contribution in [0.2, 0.25) is 0 Å². The molecule has 0 saturated heterocycles. The van der Waals surface area contributed by atoms with Crippen molar-refractivity contribution in [3.05, 3.63) is 18.3 Å². The molecule has 0 unspecified atom stereocenters. The van der Waals surface area contributed by atoms with Crippen LogP contribution in [0.5, 0.6) is 0 Å². The minimum absolute atomic E-state index is 0.425. The summed E-state index contributed by atoms with van der Waals surface area (Å²) in [7, 11) is 1.75. The fourth-order valence-electron chi connectivity index (χ4n) is 1.46. The summed E-state index contributed by atoms with van der Waals surface area (Å²) in [6.45, 7) is 0. The smallest absolute Gasteiger partial charge is 0.148 e. The fraction of sp³-hybridized carbons (Fsp3) is 0.556. The van der Waals surface area contributed by atoms with Crippen molar-refractivity contribution in [2.24, 2.45) is 0 Å². The summed E-state index contributed by atoms with van der Waals surface area (Å²) in [6, 6.07) is 4.30. The van der Waals surface area contributed by atoms with Gasteiger partial charge in [0.2, 0.25) is 0 Å². The van der Waals surface area contributed by atoms with Gasteiger partial charge in [-0.15, -0.1) is 5.10 Å². The predicted molar refractivity (Wildman–Crippen MR) is 49.5 cm³/mol. The molecule has 1 aliphatic rings. The van der Waals surface area contributed by atoms with Gasteiger partial charge in [0, 0.05) is 19.3 Å². The van der Waals surface area contributed by atoms with Gasteiger partial charge in [0.25, 0.3) is 0 Å². The SMILES string of the molecule is COC1CC(Nc2cccnn2)C1. The van der Waals surface area contributed by atoms with E-state index in [0.717, 1.165) is 18.7 Å². The molecule has 1 aromatic rings. The van der Waals surface area contributed by atoms with Crippen LogP contribution in [0.25, 0.3) is 0 Å². The summed E-state index contributed by atoms with van der Waals surface area (Å²) in [5.41, 5.74) is 0. The lowest BCUT2D eigenvalue weighted by atomic mass is 9.89. The number of nitrogens with one attached hydrogen (secondary N) is 1. The molecule has 1 aromatic heterocycles. The highest BCUT2D eigenvalue weighted by atomic mass is 16.5. The Morgan fingerprint density at radius 1 is 1.54 bits per heavy atom. The van der Waals surface area contributed by atoms with Crippen molar-refractivity contribution in [1.82, 2.24) is 10.2 Å². The normalized spacial score (nSPS) is 26.5. The van der Waals surface area contributed by atoms with Crippen molar-refractivity contribution in [1.29, 1.82) is 0 Å². The van der Waals surface area contributed by atoms with E-state index in [2.05, 4.69) is 15.5 Å². The molecule has 1 aliphatic carbocycles. The first-order valence-corrected chi connectivity index (χ1v) is 4.45. The highest BCUT2D eigenvalue weighted by Crippen LogP contribution is 2.25. The molecule has 0 radical (unpaired) electrons. The summed E-state index contributed by atoms with van der Waals surface area (Å²) >= 11 is 0. The average molecular weight is 179 g/mol. The zero-order valence-corrected chi connectivity index (χ0v) is 7.60. The van der Waals surface area contributed by atoms with Gasteiger partial charge in [-0.2, -0.15) is 5.10 Å². The molecular weight excluding hydrogens is 166 g/mol. The second-order valence-corrected chi connectivity index (χ2v) is 3.28. The lowest BCUT2D eigenvalue weighted by Crippen LogP contribution is -2.40. The third-order valence-corrected chi connectivity index (χ3v) is 2.35. The Labute approximate surface area is 77.3 Å². The molecule has 0 spiro atoms. The van der Waals surface area contributed by atoms with Gasteiger partial charge in [0.1, 0.15) is 5.82 Å². The van der Waals surface area contributed by atoms with Crippen LogP contribution >= 0.6 is 0 Å². The van der Waals surface area contributed by atoms with E-state index in [4.69, 9.17) is 4.74 Å². The molecule has 1 heterocycles. The molecule has 2 rings (SSSR count). The lowest BCUT2D eigenvalue weighted by molar-refractivity contribution is 0.0327. The van der Waals surface area contributed by atoms with Crippen molar-refractivity contribution in [3.8, 4) is 0 Å². The summed E-state index contributed by atoms with van der Waals surface area (Å²) in [5, 5.41) is 11.0. The van der Waals surface area contributed by atoms with Gasteiger partial charge in [-0.25, -0.2) is 0 Å². The minimum atomic E-state index is 0.425. The number of nitrogens with zero attached hydrogens (tertiary/aromatic N) is 2. The van der Waals surface area contributed by atoms with E-state index >= 15 is 0 Å². The standard InChI is InChI=1S/C9H13N3O/c1-13-8-5-7(6-8)11-9-3-2-4-10-12-9/h2-4,7-8H,5-6H2,1H3,(H,11,12). The monoisotopic (exact) mass is 179 g/mol. The number of hydrogen-bond acceptors (Lipinski definition) is 4. The maximum Gasteiger partial charge on any atom is 0.148 e. The second kappa shape index (κ2) is 3.70. The van der Waals surface area contributed by atoms with E-state index in [-0.39, 0.29) is 0 Å². The molecule has 1 saturated carbocycles. The Hall–Kier alpha value is -1.16. The van der Waals surface area contributed by atoms with E-state index in [1.54, 1.807) is 13.3 Å². The molecule has 0 atom stereocenters. The van der Waals surface area contributed by atoms with E-state index in [9.17, 15) is 0 Å². The van der Waals surface area contributed by atoms with Crippen molar-refractivity contribution in [2.45, 2.75) is 25.0 Å². The molecule has 0 aromatic carbocycles. The molecule has 1 N–H and O–H groups in total.